The summed E-state index contributed by atoms with van der Waals surface area (Å²) in [5, 5.41) is 9.99. The third-order valence-electron chi connectivity index (χ3n) is 4.31. The van der Waals surface area contributed by atoms with Gasteiger partial charge in [-0.3, -0.25) is 9.89 Å². The highest BCUT2D eigenvalue weighted by molar-refractivity contribution is 5.99. The van der Waals surface area contributed by atoms with Crippen LogP contribution >= 0.6 is 0 Å². The van der Waals surface area contributed by atoms with E-state index in [-0.39, 0.29) is 5.91 Å². The molecule has 0 aliphatic rings. The lowest BCUT2D eigenvalue weighted by Gasteiger charge is -2.07. The first-order valence-electron chi connectivity index (χ1n) is 8.72. The molecule has 0 aliphatic carbocycles. The summed E-state index contributed by atoms with van der Waals surface area (Å²) in [6, 6.07) is 18.5. The van der Waals surface area contributed by atoms with E-state index in [1.54, 1.807) is 6.20 Å². The van der Waals surface area contributed by atoms with Gasteiger partial charge in [0.2, 0.25) is 0 Å². The van der Waals surface area contributed by atoms with Crippen molar-refractivity contribution in [3.63, 3.8) is 0 Å². The second kappa shape index (κ2) is 8.29. The van der Waals surface area contributed by atoms with E-state index < -0.39 is 0 Å². The van der Waals surface area contributed by atoms with E-state index >= 15 is 0 Å². The van der Waals surface area contributed by atoms with Crippen molar-refractivity contribution < 1.29 is 4.79 Å². The molecule has 0 saturated heterocycles. The fraction of sp³-hybridized carbons (Fsp3) is 0.238. The maximum atomic E-state index is 12.5. The van der Waals surface area contributed by atoms with Crippen molar-refractivity contribution in [2.45, 2.75) is 26.2 Å². The number of carbonyl (C=O) groups excluding carboxylic acids is 1. The van der Waals surface area contributed by atoms with Crippen molar-refractivity contribution in [3.8, 4) is 11.3 Å². The van der Waals surface area contributed by atoms with Crippen LogP contribution in [0.25, 0.3) is 11.3 Å². The van der Waals surface area contributed by atoms with Crippen molar-refractivity contribution in [1.29, 1.82) is 0 Å². The van der Waals surface area contributed by atoms with Crippen molar-refractivity contribution in [3.05, 3.63) is 77.5 Å². The van der Waals surface area contributed by atoms with E-state index in [4.69, 9.17) is 0 Å². The minimum atomic E-state index is -0.0867. The van der Waals surface area contributed by atoms with Crippen LogP contribution in [-0.2, 0) is 12.8 Å². The molecule has 0 bridgehead atoms. The van der Waals surface area contributed by atoms with Crippen LogP contribution in [0.15, 0.2) is 60.8 Å². The van der Waals surface area contributed by atoms with Crippen LogP contribution in [0, 0.1) is 0 Å². The first-order valence-corrected chi connectivity index (χ1v) is 8.72. The zero-order chi connectivity index (χ0) is 17.5. The Morgan fingerprint density at radius 1 is 1.04 bits per heavy atom. The van der Waals surface area contributed by atoms with Gasteiger partial charge in [-0.1, -0.05) is 61.5 Å². The predicted molar refractivity (Wildman–Crippen MR) is 100 cm³/mol. The minimum Gasteiger partial charge on any atom is -0.352 e. The number of nitrogens with one attached hydrogen (secondary N) is 2. The smallest absolute Gasteiger partial charge is 0.255 e. The maximum Gasteiger partial charge on any atom is 0.255 e. The zero-order valence-corrected chi connectivity index (χ0v) is 14.5. The largest absolute Gasteiger partial charge is 0.352 e. The highest BCUT2D eigenvalue weighted by Crippen LogP contribution is 2.21. The molecule has 128 valence electrons. The van der Waals surface area contributed by atoms with Crippen LogP contribution < -0.4 is 5.32 Å². The summed E-state index contributed by atoms with van der Waals surface area (Å²) in [4.78, 5) is 12.5. The maximum absolute atomic E-state index is 12.5. The summed E-state index contributed by atoms with van der Waals surface area (Å²) in [5.74, 6) is -0.0867. The molecule has 25 heavy (non-hydrogen) atoms. The summed E-state index contributed by atoms with van der Waals surface area (Å²) < 4.78 is 0. The van der Waals surface area contributed by atoms with Gasteiger partial charge >= 0.3 is 0 Å². The number of benzene rings is 2. The van der Waals surface area contributed by atoms with Crippen molar-refractivity contribution >= 4 is 5.91 Å². The Balaban J connectivity index is 1.58. The van der Waals surface area contributed by atoms with Gasteiger partial charge in [0, 0.05) is 12.1 Å². The van der Waals surface area contributed by atoms with Gasteiger partial charge in [0.1, 0.15) is 0 Å². The molecule has 3 aromatic rings. The molecular formula is C21H23N3O. The molecule has 4 nitrogen and oxygen atoms in total. The molecule has 0 atom stereocenters. The molecule has 0 fully saturated rings. The van der Waals surface area contributed by atoms with E-state index in [0.29, 0.717) is 12.1 Å². The van der Waals surface area contributed by atoms with Crippen LogP contribution in [0.5, 0.6) is 0 Å². The minimum absolute atomic E-state index is 0.0867. The molecule has 2 aromatic carbocycles. The molecule has 0 saturated carbocycles. The molecular weight excluding hydrogens is 310 g/mol. The Labute approximate surface area is 148 Å². The lowest BCUT2D eigenvalue weighted by Crippen LogP contribution is -2.24. The van der Waals surface area contributed by atoms with Gasteiger partial charge in [0.05, 0.1) is 17.5 Å². The predicted octanol–water partition coefficient (Wildman–Crippen LogP) is 4.00. The average Bonchev–Trinajstić information content (AvgIpc) is 3.16. The normalized spacial score (nSPS) is 10.6. The molecule has 3 rings (SSSR count). The lowest BCUT2D eigenvalue weighted by atomic mass is 10.0. The average molecular weight is 333 g/mol. The number of aryl methyl sites for hydroxylation is 2. The molecule has 1 aromatic heterocycles. The molecule has 1 heterocycles. The summed E-state index contributed by atoms with van der Waals surface area (Å²) >= 11 is 0. The highest BCUT2D eigenvalue weighted by atomic mass is 16.1. The van der Waals surface area contributed by atoms with Gasteiger partial charge in [-0.2, -0.15) is 5.10 Å². The Kier molecular flexibility index (Phi) is 5.62. The van der Waals surface area contributed by atoms with E-state index in [0.717, 1.165) is 30.5 Å². The number of aromatic amines is 1. The van der Waals surface area contributed by atoms with Crippen LogP contribution in [0.3, 0.4) is 0 Å². The topological polar surface area (TPSA) is 57.8 Å². The summed E-state index contributed by atoms with van der Waals surface area (Å²) in [7, 11) is 0. The Bertz CT molecular complexity index is 807. The monoisotopic (exact) mass is 333 g/mol. The number of nitrogens with zero attached hydrogens (tertiary/aromatic N) is 1. The second-order valence-electron chi connectivity index (χ2n) is 6.05. The van der Waals surface area contributed by atoms with Gasteiger partial charge in [-0.15, -0.1) is 0 Å². The molecule has 0 aliphatic heterocycles. The molecule has 0 spiro atoms. The fourth-order valence-electron chi connectivity index (χ4n) is 2.82. The van der Waals surface area contributed by atoms with Crippen LogP contribution in [-0.4, -0.2) is 22.6 Å². The number of hydrogen-bond donors (Lipinski definition) is 2. The van der Waals surface area contributed by atoms with Gasteiger partial charge in [-0.05, 0) is 30.4 Å². The van der Waals surface area contributed by atoms with Crippen molar-refractivity contribution in [2.24, 2.45) is 0 Å². The van der Waals surface area contributed by atoms with Crippen LogP contribution in [0.2, 0.25) is 0 Å². The van der Waals surface area contributed by atoms with Crippen LogP contribution in [0.4, 0.5) is 0 Å². The Morgan fingerprint density at radius 3 is 2.52 bits per heavy atom. The highest BCUT2D eigenvalue weighted by Gasteiger charge is 2.14. The first-order chi connectivity index (χ1) is 12.3. The zero-order valence-electron chi connectivity index (χ0n) is 14.5. The van der Waals surface area contributed by atoms with Crippen molar-refractivity contribution in [1.82, 2.24) is 15.5 Å². The molecule has 0 radical (unpaired) electrons. The van der Waals surface area contributed by atoms with Crippen molar-refractivity contribution in [2.75, 3.05) is 6.54 Å². The summed E-state index contributed by atoms with van der Waals surface area (Å²) in [6.07, 6.45) is 4.46. The SMILES string of the molecule is CCc1ccc(-c2[nH]ncc2C(=O)NCCCc2ccccc2)cc1. The number of carbonyl (C=O) groups is 1. The third-order valence-corrected chi connectivity index (χ3v) is 4.31. The molecule has 4 heteroatoms. The number of rotatable bonds is 7. The van der Waals surface area contributed by atoms with Gasteiger partial charge in [-0.25, -0.2) is 0 Å². The van der Waals surface area contributed by atoms with E-state index in [2.05, 4.69) is 46.7 Å². The van der Waals surface area contributed by atoms with E-state index in [9.17, 15) is 4.79 Å². The fourth-order valence-corrected chi connectivity index (χ4v) is 2.82. The quantitative estimate of drug-likeness (QED) is 0.642. The van der Waals surface area contributed by atoms with E-state index in [1.165, 1.54) is 11.1 Å². The molecule has 0 unspecified atom stereocenters. The number of aromatic nitrogens is 2. The van der Waals surface area contributed by atoms with Gasteiger partial charge < -0.3 is 5.32 Å². The Hall–Kier alpha value is -2.88. The van der Waals surface area contributed by atoms with Crippen LogP contribution in [0.1, 0.15) is 34.8 Å². The first kappa shape index (κ1) is 17.0. The lowest BCUT2D eigenvalue weighted by molar-refractivity contribution is 0.0954. The number of hydrogen-bond acceptors (Lipinski definition) is 2. The van der Waals surface area contributed by atoms with Gasteiger partial charge in [0.25, 0.3) is 5.91 Å². The Morgan fingerprint density at radius 2 is 1.80 bits per heavy atom. The standard InChI is InChI=1S/C21H23N3O/c1-2-16-10-12-18(13-11-16)20-19(15-23-24-20)21(25)22-14-6-9-17-7-4-3-5-8-17/h3-5,7-8,10-13,15H,2,6,9,14H2,1H3,(H,22,25)(H,23,24). The number of H-pyrrole nitrogens is 1. The third kappa shape index (κ3) is 4.35. The number of amides is 1. The molecule has 2 N–H and O–H groups in total. The van der Waals surface area contributed by atoms with E-state index in [1.807, 2.05) is 30.3 Å². The van der Waals surface area contributed by atoms with Gasteiger partial charge in [0.15, 0.2) is 0 Å². The second-order valence-corrected chi connectivity index (χ2v) is 6.05. The molecule has 1 amide bonds. The summed E-state index contributed by atoms with van der Waals surface area (Å²) in [6.45, 7) is 2.77. The summed E-state index contributed by atoms with van der Waals surface area (Å²) in [5.41, 5.74) is 4.89.